The van der Waals surface area contributed by atoms with Gasteiger partial charge in [0.1, 0.15) is 12.9 Å². The molecule has 0 aliphatic carbocycles. The molecule has 2 aliphatic rings. The molecule has 1 aromatic carbocycles. The molecule has 2 amide bonds. The first-order valence-corrected chi connectivity index (χ1v) is 14.6. The summed E-state index contributed by atoms with van der Waals surface area (Å²) in [5.74, 6) is 1.94. The Morgan fingerprint density at radius 1 is 1.20 bits per heavy atom. The van der Waals surface area contributed by atoms with Crippen LogP contribution in [0.4, 0.5) is 10.6 Å². The number of benzene rings is 1. The van der Waals surface area contributed by atoms with Crippen LogP contribution < -0.4 is 15.2 Å². The van der Waals surface area contributed by atoms with Crippen molar-refractivity contribution < 1.29 is 24.2 Å². The number of carbonyl (C=O) groups excluding carboxylic acids is 1. The van der Waals surface area contributed by atoms with Crippen LogP contribution in [0.25, 0.3) is 11.2 Å². The zero-order valence-corrected chi connectivity index (χ0v) is 25.0. The third-order valence-electron chi connectivity index (χ3n) is 7.22. The summed E-state index contributed by atoms with van der Waals surface area (Å²) in [5.41, 5.74) is 6.73. The van der Waals surface area contributed by atoms with Gasteiger partial charge in [0.05, 0.1) is 0 Å². The number of hydrogen-bond donors (Lipinski definition) is 2. The first-order valence-electron chi connectivity index (χ1n) is 13.0. The number of anilines is 1. The van der Waals surface area contributed by atoms with Gasteiger partial charge >= 0.3 is 6.09 Å². The van der Waals surface area contributed by atoms with Gasteiger partial charge in [-0.05, 0) is 74.0 Å². The number of nitrogens with zero attached hydrogens (tertiary/aromatic N) is 6. The van der Waals surface area contributed by atoms with Crippen molar-refractivity contribution in [2.45, 2.75) is 62.2 Å². The largest absolute Gasteiger partial charge is 0.465 e. The van der Waals surface area contributed by atoms with Crippen LogP contribution in [-0.2, 0) is 11.3 Å². The first kappa shape index (κ1) is 28.3. The highest BCUT2D eigenvalue weighted by molar-refractivity contribution is 9.10. The molecule has 5 rings (SSSR count). The van der Waals surface area contributed by atoms with Gasteiger partial charge in [-0.2, -0.15) is 0 Å². The standard InChI is InChI=1S/C26H32BrN7O5S/c1-26(2,3)34(25(36)37)12-20(35)32-7-4-15(5-8-32)6-9-33-23-21(22(28)29-13-30-23)31-24(33)40-19-11-18-17(10-16(19)27)38-14-39-18/h10-11,13,15H,4-9,12,14H2,1-3H3,(H,36,37)(H2,28,29,30). The second-order valence-corrected chi connectivity index (χ2v) is 12.7. The minimum atomic E-state index is -1.09. The molecule has 3 aromatic rings. The van der Waals surface area contributed by atoms with Crippen molar-refractivity contribution in [3.63, 3.8) is 0 Å². The second kappa shape index (κ2) is 11.3. The highest BCUT2D eigenvalue weighted by atomic mass is 79.9. The molecule has 0 radical (unpaired) electrons. The van der Waals surface area contributed by atoms with Crippen LogP contribution in [0.1, 0.15) is 40.0 Å². The number of imidazole rings is 1. The molecule has 0 unspecified atom stereocenters. The van der Waals surface area contributed by atoms with E-state index in [1.807, 2.05) is 12.1 Å². The molecule has 4 heterocycles. The van der Waals surface area contributed by atoms with Gasteiger partial charge in [0, 0.05) is 34.5 Å². The maximum atomic E-state index is 12.9. The Hall–Kier alpha value is -3.26. The Bertz CT molecular complexity index is 1440. The van der Waals surface area contributed by atoms with Crippen LogP contribution in [0.5, 0.6) is 11.5 Å². The number of piperidine rings is 1. The molecule has 1 fully saturated rings. The topological polar surface area (TPSA) is 149 Å². The quantitative estimate of drug-likeness (QED) is 0.382. The van der Waals surface area contributed by atoms with Crippen LogP contribution in [0.15, 0.2) is 33.0 Å². The number of carboxylic acid groups (broad SMARTS) is 1. The van der Waals surface area contributed by atoms with Crippen molar-refractivity contribution in [2.24, 2.45) is 5.92 Å². The maximum Gasteiger partial charge on any atom is 0.408 e. The van der Waals surface area contributed by atoms with Gasteiger partial charge in [-0.1, -0.05) is 11.8 Å². The van der Waals surface area contributed by atoms with Crippen LogP contribution in [0, 0.1) is 5.92 Å². The van der Waals surface area contributed by atoms with Gasteiger partial charge < -0.3 is 29.8 Å². The average molecular weight is 635 g/mol. The van der Waals surface area contributed by atoms with E-state index in [0.717, 1.165) is 33.8 Å². The summed E-state index contributed by atoms with van der Waals surface area (Å²) in [6.07, 6.45) is 2.91. The fraction of sp³-hybridized carbons (Fsp3) is 0.500. The Labute approximate surface area is 244 Å². The number of likely N-dealkylation sites (tertiary alicyclic amines) is 1. The third kappa shape index (κ3) is 5.92. The Morgan fingerprint density at radius 2 is 1.90 bits per heavy atom. The zero-order chi connectivity index (χ0) is 28.6. The van der Waals surface area contributed by atoms with E-state index in [1.54, 1.807) is 25.7 Å². The van der Waals surface area contributed by atoms with Crippen molar-refractivity contribution in [2.75, 3.05) is 32.2 Å². The monoisotopic (exact) mass is 633 g/mol. The summed E-state index contributed by atoms with van der Waals surface area (Å²) < 4.78 is 14.0. The molecule has 1 saturated heterocycles. The van der Waals surface area contributed by atoms with E-state index in [9.17, 15) is 14.7 Å². The molecule has 0 saturated carbocycles. The molecule has 0 spiro atoms. The zero-order valence-electron chi connectivity index (χ0n) is 22.6. The molecular formula is C26H32BrN7O5S. The van der Waals surface area contributed by atoms with Crippen molar-refractivity contribution in [1.29, 1.82) is 0 Å². The Kier molecular flexibility index (Phi) is 8.00. The van der Waals surface area contributed by atoms with E-state index in [2.05, 4.69) is 30.5 Å². The lowest BCUT2D eigenvalue weighted by Gasteiger charge is -2.36. The first-order chi connectivity index (χ1) is 19.0. The van der Waals surface area contributed by atoms with E-state index in [1.165, 1.54) is 23.0 Å². The summed E-state index contributed by atoms with van der Waals surface area (Å²) in [5, 5.41) is 10.3. The minimum Gasteiger partial charge on any atom is -0.465 e. The van der Waals surface area contributed by atoms with Crippen molar-refractivity contribution in [3.8, 4) is 11.5 Å². The number of amides is 2. The molecule has 214 valence electrons. The highest BCUT2D eigenvalue weighted by Gasteiger charge is 2.31. The van der Waals surface area contributed by atoms with Crippen LogP contribution in [0.3, 0.4) is 0 Å². The smallest absolute Gasteiger partial charge is 0.408 e. The SMILES string of the molecule is CC(C)(C)N(CC(=O)N1CCC(CCn2c(Sc3cc4c(cc3Br)OCO4)nc3c(N)ncnc32)CC1)C(=O)O. The second-order valence-electron chi connectivity index (χ2n) is 10.9. The lowest BCUT2D eigenvalue weighted by atomic mass is 9.93. The molecule has 2 aromatic heterocycles. The van der Waals surface area contributed by atoms with Crippen molar-refractivity contribution >= 4 is 56.7 Å². The normalized spacial score (nSPS) is 15.6. The predicted molar refractivity (Wildman–Crippen MR) is 153 cm³/mol. The van der Waals surface area contributed by atoms with Crippen LogP contribution >= 0.6 is 27.7 Å². The summed E-state index contributed by atoms with van der Waals surface area (Å²) in [6.45, 7) is 7.30. The van der Waals surface area contributed by atoms with Gasteiger partial charge in [-0.15, -0.1) is 0 Å². The lowest BCUT2D eigenvalue weighted by Crippen LogP contribution is -2.51. The summed E-state index contributed by atoms with van der Waals surface area (Å²) in [7, 11) is 0. The van der Waals surface area contributed by atoms with Crippen LogP contribution in [0.2, 0.25) is 0 Å². The molecule has 0 atom stereocenters. The van der Waals surface area contributed by atoms with Crippen LogP contribution in [-0.4, -0.2) is 78.4 Å². The van der Waals surface area contributed by atoms with E-state index in [-0.39, 0.29) is 19.2 Å². The van der Waals surface area contributed by atoms with Crippen molar-refractivity contribution in [3.05, 3.63) is 22.9 Å². The molecule has 3 N–H and O–H groups in total. The Balaban J connectivity index is 1.26. The molecule has 2 aliphatic heterocycles. The predicted octanol–water partition coefficient (Wildman–Crippen LogP) is 4.46. The summed E-state index contributed by atoms with van der Waals surface area (Å²) in [4.78, 5) is 41.8. The van der Waals surface area contributed by atoms with E-state index >= 15 is 0 Å². The van der Waals surface area contributed by atoms with Gasteiger partial charge in [0.2, 0.25) is 12.7 Å². The number of aromatic nitrogens is 4. The number of rotatable bonds is 7. The number of nitrogen functional groups attached to an aromatic ring is 1. The number of fused-ring (bicyclic) bond motifs is 2. The van der Waals surface area contributed by atoms with Crippen molar-refractivity contribution in [1.82, 2.24) is 29.3 Å². The minimum absolute atomic E-state index is 0.137. The number of nitrogens with two attached hydrogens (primary N) is 1. The summed E-state index contributed by atoms with van der Waals surface area (Å²) >= 11 is 5.11. The number of hydrogen-bond acceptors (Lipinski definition) is 9. The number of carbonyl (C=O) groups is 2. The third-order valence-corrected chi connectivity index (χ3v) is 9.19. The van der Waals surface area contributed by atoms with E-state index in [0.29, 0.717) is 54.0 Å². The molecule has 0 bridgehead atoms. The average Bonchev–Trinajstić information content (AvgIpc) is 3.50. The van der Waals surface area contributed by atoms with Gasteiger partial charge in [-0.3, -0.25) is 9.69 Å². The maximum absolute atomic E-state index is 12.9. The number of halogens is 1. The van der Waals surface area contributed by atoms with Gasteiger partial charge in [-0.25, -0.2) is 19.7 Å². The molecule has 14 heteroatoms. The lowest BCUT2D eigenvalue weighted by molar-refractivity contribution is -0.134. The van der Waals surface area contributed by atoms with Gasteiger partial charge in [0.25, 0.3) is 0 Å². The van der Waals surface area contributed by atoms with Gasteiger partial charge in [0.15, 0.2) is 33.6 Å². The molecule has 40 heavy (non-hydrogen) atoms. The fourth-order valence-corrected chi connectivity index (χ4v) is 6.41. The highest BCUT2D eigenvalue weighted by Crippen LogP contribution is 2.43. The Morgan fingerprint density at radius 3 is 2.58 bits per heavy atom. The number of ether oxygens (including phenoxy) is 2. The van der Waals surface area contributed by atoms with E-state index < -0.39 is 11.6 Å². The molecule has 12 nitrogen and oxygen atoms in total. The summed E-state index contributed by atoms with van der Waals surface area (Å²) in [6, 6.07) is 3.81. The fourth-order valence-electron chi connectivity index (χ4n) is 4.90. The van der Waals surface area contributed by atoms with E-state index in [4.69, 9.17) is 20.2 Å². The molecular weight excluding hydrogens is 602 g/mol. The number of aryl methyl sites for hydroxylation is 1.